The van der Waals surface area contributed by atoms with Crippen molar-refractivity contribution in [3.8, 4) is 5.75 Å². The van der Waals surface area contributed by atoms with E-state index < -0.39 is 4.92 Å². The van der Waals surface area contributed by atoms with Crippen LogP contribution in [0.3, 0.4) is 0 Å². The van der Waals surface area contributed by atoms with Crippen LogP contribution in [0.4, 0.5) is 5.69 Å². The van der Waals surface area contributed by atoms with E-state index in [1.54, 1.807) is 0 Å². The molecular formula is C13H18N2O4. The maximum atomic E-state index is 10.7. The predicted octanol–water partition coefficient (Wildman–Crippen LogP) is 2.13. The van der Waals surface area contributed by atoms with Gasteiger partial charge in [0.1, 0.15) is 5.75 Å². The lowest BCUT2D eigenvalue weighted by atomic mass is 10.0. The second-order valence-corrected chi connectivity index (χ2v) is 4.41. The Morgan fingerprint density at radius 2 is 2.21 bits per heavy atom. The molecule has 0 aromatic heterocycles. The number of aliphatic hydroxyl groups excluding tert-OH is 1. The first-order valence-corrected chi connectivity index (χ1v) is 6.11. The molecule has 0 aliphatic carbocycles. The molecule has 0 radical (unpaired) electrons. The normalized spacial score (nSPS) is 14.5. The fraction of sp³-hybridized carbons (Fsp3) is 0.462. The zero-order valence-electron chi connectivity index (χ0n) is 11.0. The predicted molar refractivity (Wildman–Crippen MR) is 72.7 cm³/mol. The molecule has 6 nitrogen and oxygen atoms in total. The summed E-state index contributed by atoms with van der Waals surface area (Å²) in [5.74, 6) is 0.122. The molecule has 19 heavy (non-hydrogen) atoms. The second kappa shape index (κ2) is 6.84. The monoisotopic (exact) mass is 266 g/mol. The van der Waals surface area contributed by atoms with Crippen molar-refractivity contribution in [2.75, 3.05) is 6.61 Å². The smallest absolute Gasteiger partial charge is 0.270 e. The molecular weight excluding hydrogens is 248 g/mol. The van der Waals surface area contributed by atoms with Crippen LogP contribution >= 0.6 is 0 Å². The first-order valence-electron chi connectivity index (χ1n) is 6.11. The number of nitrogens with zero attached hydrogens (tertiary/aromatic N) is 2. The van der Waals surface area contributed by atoms with Crippen LogP contribution in [0.15, 0.2) is 23.2 Å². The van der Waals surface area contributed by atoms with Gasteiger partial charge in [0.15, 0.2) is 0 Å². The molecule has 1 aromatic carbocycles. The highest BCUT2D eigenvalue weighted by atomic mass is 16.6. The highest BCUT2D eigenvalue weighted by molar-refractivity contribution is 5.84. The average molecular weight is 266 g/mol. The molecule has 0 saturated heterocycles. The summed E-state index contributed by atoms with van der Waals surface area (Å²) in [5.41, 5.74) is 0.166. The molecule has 104 valence electrons. The third-order valence-corrected chi connectivity index (χ3v) is 3.11. The Hall–Kier alpha value is -1.95. The van der Waals surface area contributed by atoms with Gasteiger partial charge in [0, 0.05) is 23.9 Å². The van der Waals surface area contributed by atoms with E-state index in [2.05, 4.69) is 4.99 Å². The highest BCUT2D eigenvalue weighted by Crippen LogP contribution is 2.22. The Labute approximate surface area is 111 Å². The van der Waals surface area contributed by atoms with Crippen molar-refractivity contribution in [2.45, 2.75) is 26.3 Å². The molecule has 0 spiro atoms. The van der Waals surface area contributed by atoms with Gasteiger partial charge in [-0.1, -0.05) is 20.3 Å². The summed E-state index contributed by atoms with van der Waals surface area (Å²) in [6, 6.07) is 3.47. The van der Waals surface area contributed by atoms with E-state index in [1.807, 2.05) is 13.8 Å². The Bertz CT molecular complexity index is 474. The standard InChI is InChI=1S/C13H18N2O4/c1-3-9(2)12(8-16)14-7-10-6-11(15(18)19)4-5-13(10)17/h4-7,9,12,16-17H,3,8H2,1-2H3. The summed E-state index contributed by atoms with van der Waals surface area (Å²) in [6.07, 6.45) is 2.23. The summed E-state index contributed by atoms with van der Waals surface area (Å²) in [7, 11) is 0. The third kappa shape index (κ3) is 4.03. The molecule has 6 heteroatoms. The van der Waals surface area contributed by atoms with Gasteiger partial charge >= 0.3 is 0 Å². The minimum Gasteiger partial charge on any atom is -0.507 e. The number of rotatable bonds is 6. The van der Waals surface area contributed by atoms with E-state index in [-0.39, 0.29) is 35.6 Å². The number of benzene rings is 1. The van der Waals surface area contributed by atoms with Crippen molar-refractivity contribution in [3.05, 3.63) is 33.9 Å². The number of phenolic OH excluding ortho intramolecular Hbond substituents is 1. The van der Waals surface area contributed by atoms with Crippen molar-refractivity contribution < 1.29 is 15.1 Å². The van der Waals surface area contributed by atoms with Crippen LogP contribution in [0.2, 0.25) is 0 Å². The van der Waals surface area contributed by atoms with E-state index in [4.69, 9.17) is 0 Å². The van der Waals surface area contributed by atoms with Gasteiger partial charge in [-0.25, -0.2) is 0 Å². The number of aromatic hydroxyl groups is 1. The van der Waals surface area contributed by atoms with E-state index in [0.29, 0.717) is 0 Å². The zero-order valence-corrected chi connectivity index (χ0v) is 11.0. The van der Waals surface area contributed by atoms with E-state index in [9.17, 15) is 20.3 Å². The number of aliphatic imine (C=N–C) groups is 1. The van der Waals surface area contributed by atoms with Gasteiger partial charge in [0.05, 0.1) is 17.6 Å². The quantitative estimate of drug-likeness (QED) is 0.468. The average Bonchev–Trinajstić information content (AvgIpc) is 2.40. The number of phenols is 1. The summed E-state index contributed by atoms with van der Waals surface area (Å²) < 4.78 is 0. The number of hydrogen-bond donors (Lipinski definition) is 2. The molecule has 2 unspecified atom stereocenters. The summed E-state index contributed by atoms with van der Waals surface area (Å²) >= 11 is 0. The third-order valence-electron chi connectivity index (χ3n) is 3.11. The fourth-order valence-corrected chi connectivity index (χ4v) is 1.58. The molecule has 0 saturated carbocycles. The number of hydrogen-bond acceptors (Lipinski definition) is 5. The van der Waals surface area contributed by atoms with Gasteiger partial charge in [-0.05, 0) is 12.0 Å². The van der Waals surface area contributed by atoms with Crippen molar-refractivity contribution in [2.24, 2.45) is 10.9 Å². The van der Waals surface area contributed by atoms with Crippen LogP contribution in [-0.4, -0.2) is 34.0 Å². The summed E-state index contributed by atoms with van der Waals surface area (Å²) in [6.45, 7) is 3.86. The molecule has 0 heterocycles. The molecule has 0 amide bonds. The largest absolute Gasteiger partial charge is 0.507 e. The van der Waals surface area contributed by atoms with E-state index in [0.717, 1.165) is 6.42 Å². The molecule has 0 aliphatic heterocycles. The lowest BCUT2D eigenvalue weighted by Gasteiger charge is -2.15. The van der Waals surface area contributed by atoms with Crippen molar-refractivity contribution in [1.82, 2.24) is 0 Å². The lowest BCUT2D eigenvalue weighted by Crippen LogP contribution is -2.19. The van der Waals surface area contributed by atoms with Gasteiger partial charge in [-0.2, -0.15) is 0 Å². The van der Waals surface area contributed by atoms with Gasteiger partial charge in [-0.15, -0.1) is 0 Å². The maximum Gasteiger partial charge on any atom is 0.270 e. The fourth-order valence-electron chi connectivity index (χ4n) is 1.58. The van der Waals surface area contributed by atoms with Crippen LogP contribution in [-0.2, 0) is 0 Å². The van der Waals surface area contributed by atoms with Gasteiger partial charge < -0.3 is 10.2 Å². The van der Waals surface area contributed by atoms with Crippen LogP contribution in [0, 0.1) is 16.0 Å². The minimum absolute atomic E-state index is 0.0739. The molecule has 0 bridgehead atoms. The maximum absolute atomic E-state index is 10.7. The van der Waals surface area contributed by atoms with Crippen molar-refractivity contribution in [3.63, 3.8) is 0 Å². The van der Waals surface area contributed by atoms with Crippen LogP contribution in [0.5, 0.6) is 5.75 Å². The topological polar surface area (TPSA) is 96.0 Å². The SMILES string of the molecule is CCC(C)C(CO)N=Cc1cc([N+](=O)[O-])ccc1O. The molecule has 2 N–H and O–H groups in total. The first kappa shape index (κ1) is 15.1. The van der Waals surface area contributed by atoms with Gasteiger partial charge in [-0.3, -0.25) is 15.1 Å². The minimum atomic E-state index is -0.533. The van der Waals surface area contributed by atoms with Crippen molar-refractivity contribution in [1.29, 1.82) is 0 Å². The van der Waals surface area contributed by atoms with Crippen LogP contribution < -0.4 is 0 Å². The molecule has 0 aliphatic rings. The Morgan fingerprint density at radius 3 is 2.74 bits per heavy atom. The molecule has 0 fully saturated rings. The molecule has 1 rings (SSSR count). The number of nitro benzene ring substituents is 1. The number of nitro groups is 1. The molecule has 2 atom stereocenters. The van der Waals surface area contributed by atoms with Gasteiger partial charge in [0.25, 0.3) is 5.69 Å². The first-order chi connectivity index (χ1) is 8.99. The van der Waals surface area contributed by atoms with Crippen LogP contribution in [0.25, 0.3) is 0 Å². The summed E-state index contributed by atoms with van der Waals surface area (Å²) in [4.78, 5) is 14.3. The highest BCUT2D eigenvalue weighted by Gasteiger charge is 2.13. The van der Waals surface area contributed by atoms with Gasteiger partial charge in [0.2, 0.25) is 0 Å². The van der Waals surface area contributed by atoms with Crippen LogP contribution in [0.1, 0.15) is 25.8 Å². The second-order valence-electron chi connectivity index (χ2n) is 4.41. The summed E-state index contributed by atoms with van der Waals surface area (Å²) in [5, 5.41) is 29.5. The lowest BCUT2D eigenvalue weighted by molar-refractivity contribution is -0.384. The Morgan fingerprint density at radius 1 is 1.53 bits per heavy atom. The number of aliphatic hydroxyl groups is 1. The van der Waals surface area contributed by atoms with Crippen molar-refractivity contribution >= 4 is 11.9 Å². The number of non-ortho nitro benzene ring substituents is 1. The molecule has 1 aromatic rings. The van der Waals surface area contributed by atoms with E-state index in [1.165, 1.54) is 24.4 Å². The zero-order chi connectivity index (χ0) is 14.4. The van der Waals surface area contributed by atoms with E-state index >= 15 is 0 Å². The Balaban J connectivity index is 2.97. The Kier molecular flexibility index (Phi) is 5.44.